The Morgan fingerprint density at radius 2 is 1.93 bits per heavy atom. The molecule has 2 rings (SSSR count). The van der Waals surface area contributed by atoms with Gasteiger partial charge in [-0.25, -0.2) is 14.2 Å². The molecule has 0 saturated heterocycles. The summed E-state index contributed by atoms with van der Waals surface area (Å²) in [6.07, 6.45) is 3.72. The highest BCUT2D eigenvalue weighted by Gasteiger charge is 2.32. The highest BCUT2D eigenvalue weighted by atomic mass is 32.2. The normalized spacial score (nSPS) is 12.9. The fourth-order valence-corrected chi connectivity index (χ4v) is 3.43. The van der Waals surface area contributed by atoms with Crippen molar-refractivity contribution in [1.82, 2.24) is 14.5 Å². The van der Waals surface area contributed by atoms with E-state index in [0.717, 1.165) is 22.3 Å². The zero-order valence-electron chi connectivity index (χ0n) is 16.5. The van der Waals surface area contributed by atoms with Crippen LogP contribution in [0.15, 0.2) is 27.9 Å². The van der Waals surface area contributed by atoms with E-state index >= 15 is 0 Å². The zero-order valence-corrected chi connectivity index (χ0v) is 17.4. The van der Waals surface area contributed by atoms with E-state index in [1.807, 2.05) is 25.3 Å². The SMILES string of the molecule is CCCCn1c(=O)n(C(=O)N[C@H](C(N)=O)C(C)(C)C)c2ccc(SC)cc21. The van der Waals surface area contributed by atoms with Gasteiger partial charge in [0.1, 0.15) is 6.04 Å². The second kappa shape index (κ2) is 8.21. The van der Waals surface area contributed by atoms with Gasteiger partial charge in [0.2, 0.25) is 5.91 Å². The molecule has 0 unspecified atom stereocenters. The first kappa shape index (κ1) is 21.1. The fourth-order valence-electron chi connectivity index (χ4n) is 2.99. The number of thioether (sulfide) groups is 1. The maximum Gasteiger partial charge on any atom is 0.337 e. The number of fused-ring (bicyclic) bond motifs is 1. The third kappa shape index (κ3) is 4.37. The van der Waals surface area contributed by atoms with E-state index in [4.69, 9.17) is 5.73 Å². The third-order valence-electron chi connectivity index (χ3n) is 4.49. The van der Waals surface area contributed by atoms with Crippen molar-refractivity contribution in [2.45, 2.75) is 58.0 Å². The highest BCUT2D eigenvalue weighted by Crippen LogP contribution is 2.23. The van der Waals surface area contributed by atoms with Crippen LogP contribution in [0.25, 0.3) is 11.0 Å². The third-order valence-corrected chi connectivity index (χ3v) is 5.22. The van der Waals surface area contributed by atoms with Crippen LogP contribution < -0.4 is 16.7 Å². The summed E-state index contributed by atoms with van der Waals surface area (Å²) in [6, 6.07) is 4.01. The van der Waals surface area contributed by atoms with Gasteiger partial charge in [-0.1, -0.05) is 34.1 Å². The Bertz CT molecular complexity index is 908. The maximum absolute atomic E-state index is 13.0. The quantitative estimate of drug-likeness (QED) is 0.739. The monoisotopic (exact) mass is 392 g/mol. The van der Waals surface area contributed by atoms with Crippen molar-refractivity contribution in [3.8, 4) is 0 Å². The van der Waals surface area contributed by atoms with E-state index in [-0.39, 0.29) is 0 Å². The molecule has 3 N–H and O–H groups in total. The van der Waals surface area contributed by atoms with Gasteiger partial charge in [-0.05, 0) is 36.3 Å². The minimum Gasteiger partial charge on any atom is -0.368 e. The number of nitrogens with one attached hydrogen (secondary N) is 1. The van der Waals surface area contributed by atoms with Gasteiger partial charge in [0.05, 0.1) is 11.0 Å². The van der Waals surface area contributed by atoms with E-state index in [0.29, 0.717) is 17.6 Å². The van der Waals surface area contributed by atoms with Gasteiger partial charge >= 0.3 is 11.7 Å². The number of imidazole rings is 1. The van der Waals surface area contributed by atoms with Crippen LogP contribution in [0.3, 0.4) is 0 Å². The molecular formula is C19H28N4O3S. The van der Waals surface area contributed by atoms with Gasteiger partial charge in [-0.15, -0.1) is 11.8 Å². The van der Waals surface area contributed by atoms with Crippen molar-refractivity contribution < 1.29 is 9.59 Å². The highest BCUT2D eigenvalue weighted by molar-refractivity contribution is 7.98. The topological polar surface area (TPSA) is 99.1 Å². The number of benzene rings is 1. The molecule has 1 aromatic carbocycles. The second-order valence-corrected chi connectivity index (χ2v) is 8.51. The Morgan fingerprint density at radius 3 is 2.44 bits per heavy atom. The molecule has 0 aliphatic heterocycles. The number of carbonyl (C=O) groups is 2. The van der Waals surface area contributed by atoms with Crippen molar-refractivity contribution in [2.24, 2.45) is 11.1 Å². The maximum atomic E-state index is 13.0. The lowest BCUT2D eigenvalue weighted by Gasteiger charge is -2.28. The molecule has 8 heteroatoms. The fraction of sp³-hybridized carbons (Fsp3) is 0.526. The Balaban J connectivity index is 2.57. The predicted octanol–water partition coefficient (Wildman–Crippen LogP) is 2.78. The lowest BCUT2D eigenvalue weighted by molar-refractivity contribution is -0.122. The first-order valence-electron chi connectivity index (χ1n) is 9.01. The summed E-state index contributed by atoms with van der Waals surface area (Å²) in [5.41, 5.74) is 5.70. The number of amides is 2. The molecule has 0 fully saturated rings. The van der Waals surface area contributed by atoms with Gasteiger partial charge in [0.25, 0.3) is 0 Å². The number of primary amides is 1. The van der Waals surface area contributed by atoms with E-state index < -0.39 is 29.1 Å². The molecule has 0 spiro atoms. The molecule has 2 amide bonds. The largest absolute Gasteiger partial charge is 0.368 e. The molecule has 0 radical (unpaired) electrons. The summed E-state index contributed by atoms with van der Waals surface area (Å²) >= 11 is 1.57. The van der Waals surface area contributed by atoms with Crippen LogP contribution in [0.5, 0.6) is 0 Å². The minimum atomic E-state index is -0.892. The van der Waals surface area contributed by atoms with Gasteiger partial charge in [0.15, 0.2) is 0 Å². The van der Waals surface area contributed by atoms with Crippen molar-refractivity contribution in [3.63, 3.8) is 0 Å². The number of hydrogen-bond acceptors (Lipinski definition) is 4. The molecule has 0 aliphatic carbocycles. The summed E-state index contributed by atoms with van der Waals surface area (Å²) in [5.74, 6) is -0.636. The van der Waals surface area contributed by atoms with E-state index in [2.05, 4.69) is 5.32 Å². The first-order chi connectivity index (χ1) is 12.6. The summed E-state index contributed by atoms with van der Waals surface area (Å²) in [5, 5.41) is 2.63. The molecule has 1 aromatic heterocycles. The Hall–Kier alpha value is -2.22. The summed E-state index contributed by atoms with van der Waals surface area (Å²) in [4.78, 5) is 38.7. The number of aryl methyl sites for hydroxylation is 1. The lowest BCUT2D eigenvalue weighted by Crippen LogP contribution is -2.54. The average Bonchev–Trinajstić information content (AvgIpc) is 2.87. The van der Waals surface area contributed by atoms with Gasteiger partial charge in [-0.3, -0.25) is 9.36 Å². The van der Waals surface area contributed by atoms with Gasteiger partial charge in [-0.2, -0.15) is 0 Å². The van der Waals surface area contributed by atoms with E-state index in [9.17, 15) is 14.4 Å². The molecule has 1 heterocycles. The minimum absolute atomic E-state index is 0.411. The molecule has 0 saturated carbocycles. The number of nitrogens with two attached hydrogens (primary N) is 1. The first-order valence-corrected chi connectivity index (χ1v) is 10.2. The van der Waals surface area contributed by atoms with Gasteiger partial charge in [0, 0.05) is 11.4 Å². The second-order valence-electron chi connectivity index (χ2n) is 7.63. The van der Waals surface area contributed by atoms with Crippen LogP contribution in [0.4, 0.5) is 4.79 Å². The van der Waals surface area contributed by atoms with Crippen LogP contribution in [-0.2, 0) is 11.3 Å². The van der Waals surface area contributed by atoms with Crippen LogP contribution in [0.2, 0.25) is 0 Å². The molecule has 27 heavy (non-hydrogen) atoms. The van der Waals surface area contributed by atoms with Gasteiger partial charge < -0.3 is 11.1 Å². The Kier molecular flexibility index (Phi) is 6.41. The van der Waals surface area contributed by atoms with Crippen molar-refractivity contribution in [1.29, 1.82) is 0 Å². The number of rotatable bonds is 6. The molecule has 0 bridgehead atoms. The standard InChI is InChI=1S/C19H28N4O3S/c1-6-7-10-22-14-11-12(27-5)8-9-13(14)23(18(22)26)17(25)21-15(16(20)24)19(2,3)4/h8-9,11,15H,6-7,10H2,1-5H3,(H2,20,24)(H,21,25)/t15-/m1/s1. The predicted molar refractivity (Wildman–Crippen MR) is 109 cm³/mol. The summed E-state index contributed by atoms with van der Waals surface area (Å²) in [6.45, 7) is 8.00. The number of nitrogens with zero attached hydrogens (tertiary/aromatic N) is 2. The molecule has 148 valence electrons. The number of hydrogen-bond donors (Lipinski definition) is 2. The van der Waals surface area contributed by atoms with E-state index in [1.54, 1.807) is 43.2 Å². The smallest absolute Gasteiger partial charge is 0.337 e. The molecule has 1 atom stereocenters. The molecule has 7 nitrogen and oxygen atoms in total. The molecule has 0 aliphatic rings. The van der Waals surface area contributed by atoms with Crippen molar-refractivity contribution >= 4 is 34.7 Å². The number of unbranched alkanes of at least 4 members (excludes halogenated alkanes) is 1. The van der Waals surface area contributed by atoms with Crippen LogP contribution >= 0.6 is 11.8 Å². The zero-order chi connectivity index (χ0) is 20.4. The van der Waals surface area contributed by atoms with Crippen LogP contribution in [-0.4, -0.2) is 33.4 Å². The van der Waals surface area contributed by atoms with E-state index in [1.165, 1.54) is 0 Å². The molecular weight excluding hydrogens is 364 g/mol. The average molecular weight is 393 g/mol. The number of aromatic nitrogens is 2. The van der Waals surface area contributed by atoms with Crippen LogP contribution in [0, 0.1) is 5.41 Å². The van der Waals surface area contributed by atoms with Crippen molar-refractivity contribution in [2.75, 3.05) is 6.26 Å². The lowest BCUT2D eigenvalue weighted by atomic mass is 9.86. The molecule has 2 aromatic rings. The van der Waals surface area contributed by atoms with Crippen LogP contribution in [0.1, 0.15) is 40.5 Å². The summed E-state index contributed by atoms with van der Waals surface area (Å²) < 4.78 is 2.71. The Morgan fingerprint density at radius 1 is 1.26 bits per heavy atom. The summed E-state index contributed by atoms with van der Waals surface area (Å²) in [7, 11) is 0. The number of carbonyl (C=O) groups excluding carboxylic acids is 2. The van der Waals surface area contributed by atoms with Crippen molar-refractivity contribution in [3.05, 3.63) is 28.7 Å². The Labute approximate surface area is 163 Å².